The minimum atomic E-state index is -0.164. The van der Waals surface area contributed by atoms with Crippen LogP contribution in [-0.2, 0) is 0 Å². The molecule has 0 bridgehead atoms. The summed E-state index contributed by atoms with van der Waals surface area (Å²) in [5.74, 6) is 5.49. The lowest BCUT2D eigenvalue weighted by molar-refractivity contribution is 0.625. The first-order valence-corrected chi connectivity index (χ1v) is 5.41. The third kappa shape index (κ3) is 2.32. The van der Waals surface area contributed by atoms with Gasteiger partial charge in [-0.1, -0.05) is 23.7 Å². The van der Waals surface area contributed by atoms with E-state index in [1.165, 1.54) is 0 Å². The van der Waals surface area contributed by atoms with Crippen molar-refractivity contribution in [3.63, 3.8) is 0 Å². The van der Waals surface area contributed by atoms with E-state index in [-0.39, 0.29) is 6.04 Å². The maximum Gasteiger partial charge on any atom is 0.0970 e. The van der Waals surface area contributed by atoms with Gasteiger partial charge in [-0.05, 0) is 17.7 Å². The molecule has 1 unspecified atom stereocenters. The molecule has 0 fully saturated rings. The van der Waals surface area contributed by atoms with Gasteiger partial charge in [0.05, 0.1) is 29.7 Å². The predicted octanol–water partition coefficient (Wildman–Crippen LogP) is 1.74. The summed E-state index contributed by atoms with van der Waals surface area (Å²) in [5.41, 5.74) is 4.46. The topological polar surface area (TPSA) is 63.8 Å². The van der Waals surface area contributed by atoms with Gasteiger partial charge < -0.3 is 0 Å². The van der Waals surface area contributed by atoms with E-state index in [1.807, 2.05) is 24.3 Å². The first kappa shape index (κ1) is 10.5. The van der Waals surface area contributed by atoms with Gasteiger partial charge in [-0.3, -0.25) is 5.84 Å². The lowest BCUT2D eigenvalue weighted by Gasteiger charge is -2.13. The Balaban J connectivity index is 2.35. The predicted molar refractivity (Wildman–Crippen MR) is 60.5 cm³/mol. The molecule has 78 valence electrons. The normalized spacial score (nSPS) is 12.7. The summed E-state index contributed by atoms with van der Waals surface area (Å²) in [5, 5.41) is 0.677. The molecule has 1 heterocycles. The van der Waals surface area contributed by atoms with Gasteiger partial charge in [-0.15, -0.1) is 0 Å². The fraction of sp³-hybridized carbons (Fsp3) is 0.111. The number of aromatic nitrogens is 2. The van der Waals surface area contributed by atoms with Gasteiger partial charge in [0.25, 0.3) is 0 Å². The molecular formula is C9H9ClN4S. The largest absolute Gasteiger partial charge is 0.271 e. The van der Waals surface area contributed by atoms with Crippen LogP contribution in [0.2, 0.25) is 5.02 Å². The number of hydrazine groups is 1. The zero-order chi connectivity index (χ0) is 10.7. The Hall–Kier alpha value is -1.01. The highest BCUT2D eigenvalue weighted by Crippen LogP contribution is 2.22. The molecule has 2 rings (SSSR count). The maximum absolute atomic E-state index is 5.91. The molecule has 0 aliphatic carbocycles. The molecule has 0 aliphatic heterocycles. The van der Waals surface area contributed by atoms with E-state index in [4.69, 9.17) is 17.4 Å². The Bertz CT molecular complexity index is 431. The number of rotatable bonds is 3. The molecule has 0 radical (unpaired) electrons. The van der Waals surface area contributed by atoms with Crippen molar-refractivity contribution in [2.45, 2.75) is 6.04 Å². The highest BCUT2D eigenvalue weighted by molar-refractivity contribution is 6.99. The van der Waals surface area contributed by atoms with Gasteiger partial charge in [-0.25, -0.2) is 5.43 Å². The second-order valence-corrected chi connectivity index (χ2v) is 3.98. The number of nitrogens with one attached hydrogen (secondary N) is 1. The zero-order valence-corrected chi connectivity index (χ0v) is 9.29. The fourth-order valence-corrected chi connectivity index (χ4v) is 1.99. The quantitative estimate of drug-likeness (QED) is 0.634. The van der Waals surface area contributed by atoms with E-state index >= 15 is 0 Å². The minimum absolute atomic E-state index is 0.164. The Labute approximate surface area is 96.4 Å². The van der Waals surface area contributed by atoms with Crippen LogP contribution in [0.4, 0.5) is 0 Å². The van der Waals surface area contributed by atoms with Gasteiger partial charge in [0, 0.05) is 5.02 Å². The average Bonchev–Trinajstić information content (AvgIpc) is 2.72. The van der Waals surface area contributed by atoms with Gasteiger partial charge in [0.1, 0.15) is 0 Å². The van der Waals surface area contributed by atoms with Crippen molar-refractivity contribution in [1.82, 2.24) is 14.2 Å². The Kier molecular flexibility index (Phi) is 3.27. The van der Waals surface area contributed by atoms with Crippen molar-refractivity contribution < 1.29 is 0 Å². The number of benzene rings is 1. The van der Waals surface area contributed by atoms with Crippen LogP contribution >= 0.6 is 23.3 Å². The summed E-state index contributed by atoms with van der Waals surface area (Å²) in [4.78, 5) is 0. The van der Waals surface area contributed by atoms with Crippen LogP contribution in [0.25, 0.3) is 0 Å². The second kappa shape index (κ2) is 4.67. The van der Waals surface area contributed by atoms with E-state index in [0.29, 0.717) is 5.02 Å². The molecular weight excluding hydrogens is 232 g/mol. The Morgan fingerprint density at radius 2 is 2.33 bits per heavy atom. The van der Waals surface area contributed by atoms with E-state index in [2.05, 4.69) is 14.2 Å². The van der Waals surface area contributed by atoms with Gasteiger partial charge in [0.15, 0.2) is 0 Å². The van der Waals surface area contributed by atoms with Gasteiger partial charge >= 0.3 is 0 Å². The first-order valence-electron chi connectivity index (χ1n) is 4.30. The van der Waals surface area contributed by atoms with Crippen LogP contribution < -0.4 is 11.3 Å². The summed E-state index contributed by atoms with van der Waals surface area (Å²) in [6.45, 7) is 0. The Morgan fingerprint density at radius 3 is 2.93 bits per heavy atom. The molecule has 6 heteroatoms. The SMILES string of the molecule is NNC(c1cccc(Cl)c1)c1cnsn1. The van der Waals surface area contributed by atoms with Crippen LogP contribution in [0.5, 0.6) is 0 Å². The summed E-state index contributed by atoms with van der Waals surface area (Å²) in [6.07, 6.45) is 1.69. The lowest BCUT2D eigenvalue weighted by atomic mass is 10.1. The van der Waals surface area contributed by atoms with E-state index in [0.717, 1.165) is 23.0 Å². The highest BCUT2D eigenvalue weighted by atomic mass is 35.5. The van der Waals surface area contributed by atoms with Crippen LogP contribution in [0.15, 0.2) is 30.5 Å². The number of hydrogen-bond donors (Lipinski definition) is 2. The molecule has 0 saturated heterocycles. The summed E-state index contributed by atoms with van der Waals surface area (Å²) in [6, 6.07) is 7.32. The fourth-order valence-electron chi connectivity index (χ4n) is 1.34. The molecule has 0 saturated carbocycles. The third-order valence-electron chi connectivity index (χ3n) is 2.02. The molecule has 3 N–H and O–H groups in total. The van der Waals surface area contributed by atoms with Crippen molar-refractivity contribution in [1.29, 1.82) is 0 Å². The monoisotopic (exact) mass is 240 g/mol. The summed E-state index contributed by atoms with van der Waals surface area (Å²) >= 11 is 7.06. The first-order chi connectivity index (χ1) is 7.31. The highest BCUT2D eigenvalue weighted by Gasteiger charge is 2.14. The summed E-state index contributed by atoms with van der Waals surface area (Å²) < 4.78 is 8.08. The number of nitrogens with zero attached hydrogens (tertiary/aromatic N) is 2. The summed E-state index contributed by atoms with van der Waals surface area (Å²) in [7, 11) is 0. The minimum Gasteiger partial charge on any atom is -0.271 e. The number of nitrogens with two attached hydrogens (primary N) is 1. The maximum atomic E-state index is 5.91. The number of hydrogen-bond acceptors (Lipinski definition) is 5. The van der Waals surface area contributed by atoms with E-state index in [9.17, 15) is 0 Å². The third-order valence-corrected chi connectivity index (χ3v) is 2.75. The molecule has 1 aromatic carbocycles. The van der Waals surface area contributed by atoms with Crippen LogP contribution in [0, 0.1) is 0 Å². The molecule has 0 amide bonds. The molecule has 2 aromatic rings. The van der Waals surface area contributed by atoms with Crippen molar-refractivity contribution in [3.05, 3.63) is 46.7 Å². The van der Waals surface area contributed by atoms with Crippen LogP contribution in [-0.4, -0.2) is 8.75 Å². The molecule has 0 aliphatic rings. The molecule has 1 atom stereocenters. The molecule has 4 nitrogen and oxygen atoms in total. The average molecular weight is 241 g/mol. The van der Waals surface area contributed by atoms with Crippen LogP contribution in [0.3, 0.4) is 0 Å². The van der Waals surface area contributed by atoms with E-state index < -0.39 is 0 Å². The van der Waals surface area contributed by atoms with Crippen molar-refractivity contribution >= 4 is 23.3 Å². The van der Waals surface area contributed by atoms with Crippen molar-refractivity contribution in [3.8, 4) is 0 Å². The zero-order valence-electron chi connectivity index (χ0n) is 7.72. The van der Waals surface area contributed by atoms with Gasteiger partial charge in [0.2, 0.25) is 0 Å². The number of halogens is 1. The van der Waals surface area contributed by atoms with Crippen LogP contribution in [0.1, 0.15) is 17.3 Å². The lowest BCUT2D eigenvalue weighted by Crippen LogP contribution is -2.29. The van der Waals surface area contributed by atoms with Crippen molar-refractivity contribution in [2.75, 3.05) is 0 Å². The second-order valence-electron chi connectivity index (χ2n) is 2.99. The standard InChI is InChI=1S/C9H9ClN4S/c10-7-3-1-2-6(4-7)9(13-11)8-5-12-15-14-8/h1-5,9,13H,11H2. The van der Waals surface area contributed by atoms with Crippen molar-refractivity contribution in [2.24, 2.45) is 5.84 Å². The van der Waals surface area contributed by atoms with E-state index in [1.54, 1.807) is 6.20 Å². The Morgan fingerprint density at radius 1 is 1.47 bits per heavy atom. The molecule has 1 aromatic heterocycles. The molecule has 0 spiro atoms. The van der Waals surface area contributed by atoms with Gasteiger partial charge in [-0.2, -0.15) is 8.75 Å². The smallest absolute Gasteiger partial charge is 0.0970 e. The molecule has 15 heavy (non-hydrogen) atoms.